The van der Waals surface area contributed by atoms with Crippen molar-refractivity contribution in [1.82, 2.24) is 20.0 Å². The molecule has 2 heterocycles. The minimum Gasteiger partial charge on any atom is -0.349 e. The van der Waals surface area contributed by atoms with E-state index >= 15 is 0 Å². The number of hydrogen-bond acceptors (Lipinski definition) is 5. The maximum absolute atomic E-state index is 11.9. The quantitative estimate of drug-likeness (QED) is 0.378. The van der Waals surface area contributed by atoms with E-state index in [1.165, 1.54) is 17.5 Å². The Kier molecular flexibility index (Phi) is 6.14. The van der Waals surface area contributed by atoms with Crippen molar-refractivity contribution in [2.45, 2.75) is 45.8 Å². The first-order valence-corrected chi connectivity index (χ1v) is 8.79. The van der Waals surface area contributed by atoms with Crippen LogP contribution in [0.2, 0.25) is 0 Å². The van der Waals surface area contributed by atoms with Crippen LogP contribution in [0.1, 0.15) is 42.5 Å². The lowest BCUT2D eigenvalue weighted by molar-refractivity contribution is -0.118. The Labute approximate surface area is 146 Å². The van der Waals surface area contributed by atoms with Gasteiger partial charge in [0, 0.05) is 34.9 Å². The minimum absolute atomic E-state index is 0.181. The number of nitrogens with zero attached hydrogens (tertiary/aromatic N) is 4. The van der Waals surface area contributed by atoms with Crippen LogP contribution in [0.4, 0.5) is 0 Å². The summed E-state index contributed by atoms with van der Waals surface area (Å²) in [5.74, 6) is 0.0470. The lowest BCUT2D eigenvalue weighted by Crippen LogP contribution is -2.19. The molecule has 0 aliphatic carbocycles. The standard InChI is InChI=1S/C17H23N5OS/c1-11(2)22-9-15(7-14(22)5)8-18-21-16(23)10-24-17-19-12(3)6-13(4)20-17/h6-9,11H,10H2,1-5H3,(H,21,23)/b18-8-. The van der Waals surface area contributed by atoms with Crippen molar-refractivity contribution in [1.29, 1.82) is 0 Å². The lowest BCUT2D eigenvalue weighted by atomic mass is 10.3. The molecule has 0 aliphatic rings. The number of rotatable bonds is 6. The van der Waals surface area contributed by atoms with Gasteiger partial charge in [-0.15, -0.1) is 0 Å². The van der Waals surface area contributed by atoms with Gasteiger partial charge in [0.25, 0.3) is 5.91 Å². The summed E-state index contributed by atoms with van der Waals surface area (Å²) in [5.41, 5.74) is 6.46. The molecule has 7 heteroatoms. The van der Waals surface area contributed by atoms with Gasteiger partial charge in [-0.25, -0.2) is 15.4 Å². The SMILES string of the molecule is Cc1cc(C)nc(SCC(=O)N/N=C\c2cc(C)n(C(C)C)c2)n1. The molecule has 1 N–H and O–H groups in total. The van der Waals surface area contributed by atoms with E-state index in [1.54, 1.807) is 6.21 Å². The summed E-state index contributed by atoms with van der Waals surface area (Å²) in [7, 11) is 0. The number of carbonyl (C=O) groups excluding carboxylic acids is 1. The Morgan fingerprint density at radius 3 is 2.54 bits per heavy atom. The normalized spacial score (nSPS) is 11.4. The molecule has 0 fully saturated rings. The minimum atomic E-state index is -0.181. The molecule has 2 rings (SSSR count). The monoisotopic (exact) mass is 345 g/mol. The van der Waals surface area contributed by atoms with Crippen LogP contribution in [0.5, 0.6) is 0 Å². The molecule has 0 saturated heterocycles. The molecule has 0 spiro atoms. The van der Waals surface area contributed by atoms with E-state index in [9.17, 15) is 4.79 Å². The molecule has 6 nitrogen and oxygen atoms in total. The molecule has 2 aromatic rings. The molecule has 0 saturated carbocycles. The third-order valence-corrected chi connectivity index (χ3v) is 4.17. The molecule has 0 unspecified atom stereocenters. The Balaban J connectivity index is 1.85. The fourth-order valence-corrected chi connectivity index (χ4v) is 3.08. The number of thioether (sulfide) groups is 1. The van der Waals surface area contributed by atoms with Gasteiger partial charge in [-0.1, -0.05) is 11.8 Å². The zero-order chi connectivity index (χ0) is 17.7. The van der Waals surface area contributed by atoms with Crippen molar-refractivity contribution in [2.75, 3.05) is 5.75 Å². The summed E-state index contributed by atoms with van der Waals surface area (Å²) in [5, 5.41) is 4.62. The Bertz CT molecular complexity index is 731. The van der Waals surface area contributed by atoms with Gasteiger partial charge in [0.05, 0.1) is 12.0 Å². The molecule has 0 aromatic carbocycles. The molecular weight excluding hydrogens is 322 g/mol. The van der Waals surface area contributed by atoms with Crippen molar-refractivity contribution in [3.05, 3.63) is 41.0 Å². The Hall–Kier alpha value is -2.15. The predicted octanol–water partition coefficient (Wildman–Crippen LogP) is 3.03. The van der Waals surface area contributed by atoms with Gasteiger partial charge in [0.1, 0.15) is 0 Å². The van der Waals surface area contributed by atoms with Crippen LogP contribution in [-0.2, 0) is 4.79 Å². The summed E-state index contributed by atoms with van der Waals surface area (Å²) in [6.45, 7) is 10.1. The van der Waals surface area contributed by atoms with E-state index in [0.29, 0.717) is 11.2 Å². The number of amides is 1. The first-order chi connectivity index (χ1) is 11.3. The van der Waals surface area contributed by atoms with Crippen LogP contribution in [0.15, 0.2) is 28.6 Å². The largest absolute Gasteiger partial charge is 0.349 e. The van der Waals surface area contributed by atoms with Gasteiger partial charge in [0.15, 0.2) is 5.16 Å². The van der Waals surface area contributed by atoms with Crippen LogP contribution in [0, 0.1) is 20.8 Å². The van der Waals surface area contributed by atoms with Crippen LogP contribution in [-0.4, -0.2) is 32.4 Å². The molecular formula is C17H23N5OS. The molecule has 2 aromatic heterocycles. The molecule has 0 aliphatic heterocycles. The Morgan fingerprint density at radius 2 is 1.96 bits per heavy atom. The van der Waals surface area contributed by atoms with Gasteiger partial charge in [0.2, 0.25) is 0 Å². The van der Waals surface area contributed by atoms with Gasteiger partial charge in [-0.05, 0) is 46.8 Å². The average Bonchev–Trinajstić information content (AvgIpc) is 2.85. The highest BCUT2D eigenvalue weighted by atomic mass is 32.2. The van der Waals surface area contributed by atoms with E-state index in [4.69, 9.17) is 0 Å². The second-order valence-electron chi connectivity index (χ2n) is 5.93. The highest BCUT2D eigenvalue weighted by molar-refractivity contribution is 7.99. The van der Waals surface area contributed by atoms with Crippen LogP contribution in [0.3, 0.4) is 0 Å². The Morgan fingerprint density at radius 1 is 1.29 bits per heavy atom. The number of carbonyl (C=O) groups is 1. The van der Waals surface area contributed by atoms with Crippen molar-refractivity contribution >= 4 is 23.9 Å². The van der Waals surface area contributed by atoms with Crippen LogP contribution < -0.4 is 5.43 Å². The maximum atomic E-state index is 11.9. The second kappa shape index (κ2) is 8.10. The number of hydrazone groups is 1. The molecule has 0 atom stereocenters. The first-order valence-electron chi connectivity index (χ1n) is 7.80. The van der Waals surface area contributed by atoms with E-state index < -0.39 is 0 Å². The smallest absolute Gasteiger partial charge is 0.250 e. The summed E-state index contributed by atoms with van der Waals surface area (Å²) in [6, 6.07) is 4.34. The predicted molar refractivity (Wildman–Crippen MR) is 97.5 cm³/mol. The second-order valence-corrected chi connectivity index (χ2v) is 6.87. The van der Waals surface area contributed by atoms with Gasteiger partial charge >= 0.3 is 0 Å². The first kappa shape index (κ1) is 18.2. The summed E-state index contributed by atoms with van der Waals surface area (Å²) in [6.07, 6.45) is 3.68. The summed E-state index contributed by atoms with van der Waals surface area (Å²) in [4.78, 5) is 20.4. The fourth-order valence-electron chi connectivity index (χ4n) is 2.34. The maximum Gasteiger partial charge on any atom is 0.250 e. The molecule has 24 heavy (non-hydrogen) atoms. The topological polar surface area (TPSA) is 72.2 Å². The number of aromatic nitrogens is 3. The van der Waals surface area contributed by atoms with Gasteiger partial charge in [-0.3, -0.25) is 4.79 Å². The van der Waals surface area contributed by atoms with E-state index in [0.717, 1.165) is 17.0 Å². The zero-order valence-corrected chi connectivity index (χ0v) is 15.5. The van der Waals surface area contributed by atoms with Crippen LogP contribution >= 0.6 is 11.8 Å². The van der Waals surface area contributed by atoms with E-state index in [1.807, 2.05) is 32.2 Å². The van der Waals surface area contributed by atoms with Crippen molar-refractivity contribution in [3.63, 3.8) is 0 Å². The van der Waals surface area contributed by atoms with Crippen molar-refractivity contribution in [2.24, 2.45) is 5.10 Å². The lowest BCUT2D eigenvalue weighted by Gasteiger charge is -2.08. The van der Waals surface area contributed by atoms with E-state index in [2.05, 4.69) is 45.8 Å². The average molecular weight is 345 g/mol. The molecule has 0 bridgehead atoms. The third kappa shape index (κ3) is 5.19. The fraction of sp³-hybridized carbons (Fsp3) is 0.412. The number of aryl methyl sites for hydroxylation is 3. The summed E-state index contributed by atoms with van der Waals surface area (Å²) < 4.78 is 2.16. The molecule has 128 valence electrons. The van der Waals surface area contributed by atoms with E-state index in [-0.39, 0.29) is 11.7 Å². The van der Waals surface area contributed by atoms with Crippen molar-refractivity contribution in [3.8, 4) is 0 Å². The third-order valence-electron chi connectivity index (χ3n) is 3.32. The van der Waals surface area contributed by atoms with Gasteiger partial charge < -0.3 is 4.57 Å². The zero-order valence-electron chi connectivity index (χ0n) is 14.7. The molecule has 1 amide bonds. The number of nitrogens with one attached hydrogen (secondary N) is 1. The molecule has 0 radical (unpaired) electrons. The summed E-state index contributed by atoms with van der Waals surface area (Å²) >= 11 is 1.30. The highest BCUT2D eigenvalue weighted by Crippen LogP contribution is 2.14. The van der Waals surface area contributed by atoms with Crippen LogP contribution in [0.25, 0.3) is 0 Å². The van der Waals surface area contributed by atoms with Gasteiger partial charge in [-0.2, -0.15) is 5.10 Å². The van der Waals surface area contributed by atoms with Crippen molar-refractivity contribution < 1.29 is 4.79 Å². The number of hydrogen-bond donors (Lipinski definition) is 1. The highest BCUT2D eigenvalue weighted by Gasteiger charge is 2.06.